The van der Waals surface area contributed by atoms with Crippen molar-refractivity contribution in [2.75, 3.05) is 11.9 Å². The minimum atomic E-state index is -0.530. The van der Waals surface area contributed by atoms with Crippen LogP contribution in [0.4, 0.5) is 11.4 Å². The molecule has 2 N–H and O–H groups in total. The number of nitro groups is 1. The van der Waals surface area contributed by atoms with Crippen molar-refractivity contribution in [3.63, 3.8) is 0 Å². The van der Waals surface area contributed by atoms with Gasteiger partial charge in [-0.1, -0.05) is 6.92 Å². The van der Waals surface area contributed by atoms with E-state index in [-0.39, 0.29) is 23.4 Å². The van der Waals surface area contributed by atoms with E-state index in [1.807, 2.05) is 19.9 Å². The highest BCUT2D eigenvalue weighted by atomic mass is 16.6. The molecule has 6 nitrogen and oxygen atoms in total. The van der Waals surface area contributed by atoms with Crippen molar-refractivity contribution in [3.8, 4) is 6.07 Å². The van der Waals surface area contributed by atoms with E-state index in [2.05, 4.69) is 5.32 Å². The molecule has 0 aromatic heterocycles. The Morgan fingerprint density at radius 2 is 2.26 bits per heavy atom. The number of nitro benzene ring substituents is 1. The number of rotatable bonds is 6. The number of nitrogens with zero attached hydrogens (tertiary/aromatic N) is 2. The van der Waals surface area contributed by atoms with Gasteiger partial charge < -0.3 is 10.4 Å². The van der Waals surface area contributed by atoms with Crippen LogP contribution in [0.25, 0.3) is 0 Å². The van der Waals surface area contributed by atoms with E-state index in [0.29, 0.717) is 12.1 Å². The van der Waals surface area contributed by atoms with Gasteiger partial charge >= 0.3 is 0 Å². The standard InChI is InChI=1S/C13H17N3O3/c1-3-13(2,6-7-17)15-12-5-4-11(16(18)19)8-10(12)9-14/h4-5,8,15,17H,3,6-7H2,1-2H3. The van der Waals surface area contributed by atoms with Crippen molar-refractivity contribution < 1.29 is 10.0 Å². The number of benzene rings is 1. The molecule has 102 valence electrons. The van der Waals surface area contributed by atoms with E-state index in [1.54, 1.807) is 0 Å². The molecule has 0 bridgehead atoms. The first-order valence-electron chi connectivity index (χ1n) is 6.03. The van der Waals surface area contributed by atoms with Crippen LogP contribution in [0.1, 0.15) is 32.3 Å². The highest BCUT2D eigenvalue weighted by Crippen LogP contribution is 2.27. The van der Waals surface area contributed by atoms with Gasteiger partial charge in [-0.25, -0.2) is 0 Å². The molecular formula is C13H17N3O3. The second-order valence-corrected chi connectivity index (χ2v) is 4.61. The predicted octanol–water partition coefficient (Wildman–Crippen LogP) is 2.43. The van der Waals surface area contributed by atoms with E-state index in [4.69, 9.17) is 10.4 Å². The minimum absolute atomic E-state index is 0.0339. The average Bonchev–Trinajstić information content (AvgIpc) is 2.39. The van der Waals surface area contributed by atoms with Crippen LogP contribution in [-0.4, -0.2) is 22.2 Å². The van der Waals surface area contributed by atoms with Crippen molar-refractivity contribution in [1.29, 1.82) is 5.26 Å². The zero-order valence-electron chi connectivity index (χ0n) is 11.0. The summed E-state index contributed by atoms with van der Waals surface area (Å²) < 4.78 is 0. The number of anilines is 1. The maximum Gasteiger partial charge on any atom is 0.270 e. The fraction of sp³-hybridized carbons (Fsp3) is 0.462. The molecule has 1 aromatic carbocycles. The van der Waals surface area contributed by atoms with Gasteiger partial charge in [-0.15, -0.1) is 0 Å². The van der Waals surface area contributed by atoms with Crippen LogP contribution in [0.5, 0.6) is 0 Å². The summed E-state index contributed by atoms with van der Waals surface area (Å²) in [5.41, 5.74) is 0.316. The van der Waals surface area contributed by atoms with Crippen LogP contribution >= 0.6 is 0 Å². The molecule has 0 radical (unpaired) electrons. The smallest absolute Gasteiger partial charge is 0.270 e. The van der Waals surface area contributed by atoms with E-state index in [1.165, 1.54) is 18.2 Å². The first-order valence-corrected chi connectivity index (χ1v) is 6.03. The third-order valence-corrected chi connectivity index (χ3v) is 3.21. The highest BCUT2D eigenvalue weighted by molar-refractivity contribution is 5.62. The van der Waals surface area contributed by atoms with Crippen molar-refractivity contribution >= 4 is 11.4 Å². The Balaban J connectivity index is 3.08. The zero-order chi connectivity index (χ0) is 14.5. The summed E-state index contributed by atoms with van der Waals surface area (Å²) >= 11 is 0. The summed E-state index contributed by atoms with van der Waals surface area (Å²) in [5.74, 6) is 0. The van der Waals surface area contributed by atoms with Gasteiger partial charge in [0.2, 0.25) is 0 Å². The molecule has 0 fully saturated rings. The molecule has 0 spiro atoms. The van der Waals surface area contributed by atoms with Crippen LogP contribution in [0.3, 0.4) is 0 Å². The lowest BCUT2D eigenvalue weighted by molar-refractivity contribution is -0.384. The molecule has 0 saturated heterocycles. The van der Waals surface area contributed by atoms with Gasteiger partial charge in [-0.05, 0) is 25.8 Å². The number of hydrogen-bond donors (Lipinski definition) is 2. The highest BCUT2D eigenvalue weighted by Gasteiger charge is 2.23. The number of aliphatic hydroxyl groups is 1. The number of hydrogen-bond acceptors (Lipinski definition) is 5. The van der Waals surface area contributed by atoms with Crippen molar-refractivity contribution in [1.82, 2.24) is 0 Å². The summed E-state index contributed by atoms with van der Waals surface area (Å²) in [6, 6.07) is 6.09. The lowest BCUT2D eigenvalue weighted by Gasteiger charge is -2.30. The van der Waals surface area contributed by atoms with E-state index >= 15 is 0 Å². The second-order valence-electron chi connectivity index (χ2n) is 4.61. The Labute approximate surface area is 111 Å². The summed E-state index contributed by atoms with van der Waals surface area (Å²) in [6.07, 6.45) is 1.29. The van der Waals surface area contributed by atoms with E-state index in [9.17, 15) is 10.1 Å². The molecule has 0 aliphatic rings. The van der Waals surface area contributed by atoms with Crippen LogP contribution in [0.15, 0.2) is 18.2 Å². The van der Waals surface area contributed by atoms with Gasteiger partial charge in [-0.2, -0.15) is 5.26 Å². The average molecular weight is 263 g/mol. The Kier molecular flexibility index (Phi) is 4.84. The Hall–Kier alpha value is -2.13. The van der Waals surface area contributed by atoms with Gasteiger partial charge in [0.25, 0.3) is 5.69 Å². The Morgan fingerprint density at radius 1 is 1.58 bits per heavy atom. The molecule has 0 saturated carbocycles. The molecular weight excluding hydrogens is 246 g/mol. The molecule has 0 amide bonds. The number of nitrogens with one attached hydrogen (secondary N) is 1. The second kappa shape index (κ2) is 6.16. The van der Waals surface area contributed by atoms with Gasteiger partial charge in [0.1, 0.15) is 6.07 Å². The fourth-order valence-electron chi connectivity index (χ4n) is 1.75. The third-order valence-electron chi connectivity index (χ3n) is 3.21. The van der Waals surface area contributed by atoms with Crippen LogP contribution < -0.4 is 5.32 Å². The topological polar surface area (TPSA) is 99.2 Å². The summed E-state index contributed by atoms with van der Waals surface area (Å²) in [5, 5.41) is 32.0. The fourth-order valence-corrected chi connectivity index (χ4v) is 1.75. The zero-order valence-corrected chi connectivity index (χ0v) is 11.0. The molecule has 1 unspecified atom stereocenters. The summed E-state index contributed by atoms with van der Waals surface area (Å²) in [4.78, 5) is 10.1. The first-order chi connectivity index (χ1) is 8.95. The lowest BCUT2D eigenvalue weighted by Crippen LogP contribution is -2.35. The molecule has 0 aliphatic carbocycles. The molecule has 1 aromatic rings. The Bertz CT molecular complexity index is 510. The molecule has 0 aliphatic heterocycles. The quantitative estimate of drug-likeness (QED) is 0.606. The van der Waals surface area contributed by atoms with Crippen LogP contribution in [-0.2, 0) is 0 Å². The number of non-ortho nitro benzene ring substituents is 1. The maximum atomic E-state index is 10.7. The summed E-state index contributed by atoms with van der Waals surface area (Å²) in [6.45, 7) is 3.94. The third kappa shape index (κ3) is 3.66. The maximum absolute atomic E-state index is 10.7. The van der Waals surface area contributed by atoms with Crippen molar-refractivity contribution in [2.24, 2.45) is 0 Å². The van der Waals surface area contributed by atoms with Crippen LogP contribution in [0.2, 0.25) is 0 Å². The number of aliphatic hydroxyl groups excluding tert-OH is 1. The first kappa shape index (κ1) is 14.9. The van der Waals surface area contributed by atoms with E-state index < -0.39 is 4.92 Å². The van der Waals surface area contributed by atoms with Crippen molar-refractivity contribution in [3.05, 3.63) is 33.9 Å². The monoisotopic (exact) mass is 263 g/mol. The predicted molar refractivity (Wildman–Crippen MR) is 71.8 cm³/mol. The van der Waals surface area contributed by atoms with Gasteiger partial charge in [0.15, 0.2) is 0 Å². The molecule has 1 atom stereocenters. The molecule has 0 heterocycles. The molecule has 19 heavy (non-hydrogen) atoms. The minimum Gasteiger partial charge on any atom is -0.396 e. The largest absolute Gasteiger partial charge is 0.396 e. The van der Waals surface area contributed by atoms with Gasteiger partial charge in [0, 0.05) is 24.3 Å². The Morgan fingerprint density at radius 3 is 2.74 bits per heavy atom. The lowest BCUT2D eigenvalue weighted by atomic mass is 9.94. The SMILES string of the molecule is CCC(C)(CCO)Nc1ccc([N+](=O)[O-])cc1C#N. The van der Waals surface area contributed by atoms with Crippen molar-refractivity contribution in [2.45, 2.75) is 32.2 Å². The number of nitriles is 1. The molecule has 1 rings (SSSR count). The van der Waals surface area contributed by atoms with Gasteiger partial charge in [0.05, 0.1) is 16.2 Å². The normalized spacial score (nSPS) is 13.4. The van der Waals surface area contributed by atoms with Gasteiger partial charge in [-0.3, -0.25) is 10.1 Å². The van der Waals surface area contributed by atoms with Crippen LogP contribution in [0, 0.1) is 21.4 Å². The summed E-state index contributed by atoms with van der Waals surface area (Å²) in [7, 11) is 0. The van der Waals surface area contributed by atoms with E-state index in [0.717, 1.165) is 6.42 Å². The molecule has 6 heteroatoms.